The highest BCUT2D eigenvalue weighted by Crippen LogP contribution is 2.26. The van der Waals surface area contributed by atoms with Crippen LogP contribution in [0.2, 0.25) is 0 Å². The molecule has 1 aliphatic heterocycles. The molecule has 0 spiro atoms. The first-order chi connectivity index (χ1) is 9.63. The average molecular weight is 342 g/mol. The summed E-state index contributed by atoms with van der Waals surface area (Å²) >= 11 is 3.45. The summed E-state index contributed by atoms with van der Waals surface area (Å²) in [6.45, 7) is 1.65. The Hall–Kier alpha value is -1.07. The lowest BCUT2D eigenvalue weighted by Gasteiger charge is -2.16. The minimum atomic E-state index is 0.174. The van der Waals surface area contributed by atoms with Crippen molar-refractivity contribution >= 4 is 21.8 Å². The number of carbonyl (C=O) groups excluding carboxylic acids is 1. The van der Waals surface area contributed by atoms with E-state index in [4.69, 9.17) is 9.84 Å². The first-order valence-electron chi connectivity index (χ1n) is 6.85. The van der Waals surface area contributed by atoms with E-state index in [-0.39, 0.29) is 18.4 Å². The summed E-state index contributed by atoms with van der Waals surface area (Å²) < 4.78 is 6.09. The second kappa shape index (κ2) is 7.09. The highest BCUT2D eigenvalue weighted by atomic mass is 79.9. The molecule has 0 aromatic heterocycles. The molecule has 0 bridgehead atoms. The number of amides is 1. The summed E-state index contributed by atoms with van der Waals surface area (Å²) in [5, 5.41) is 9.10. The molecule has 0 radical (unpaired) electrons. The van der Waals surface area contributed by atoms with Crippen molar-refractivity contribution < 1.29 is 14.6 Å². The maximum Gasteiger partial charge on any atom is 0.222 e. The molecule has 0 saturated carbocycles. The van der Waals surface area contributed by atoms with Crippen molar-refractivity contribution in [1.29, 1.82) is 0 Å². The van der Waals surface area contributed by atoms with Crippen molar-refractivity contribution in [1.82, 2.24) is 4.90 Å². The number of aliphatic hydroxyl groups excluding tert-OH is 1. The van der Waals surface area contributed by atoms with Gasteiger partial charge in [0.25, 0.3) is 0 Å². The van der Waals surface area contributed by atoms with Crippen molar-refractivity contribution in [2.45, 2.75) is 19.3 Å². The highest BCUT2D eigenvalue weighted by molar-refractivity contribution is 9.10. The molecular formula is C15H20BrNO3. The number of halogens is 1. The van der Waals surface area contributed by atoms with Crippen LogP contribution in [0.4, 0.5) is 0 Å². The summed E-state index contributed by atoms with van der Waals surface area (Å²) in [6.07, 6.45) is 2.15. The quantitative estimate of drug-likeness (QED) is 0.893. The Bertz CT molecular complexity index is 478. The van der Waals surface area contributed by atoms with Crippen LogP contribution in [0.1, 0.15) is 18.4 Å². The van der Waals surface area contributed by atoms with E-state index in [9.17, 15) is 4.79 Å². The molecule has 1 amide bonds. The molecule has 4 nitrogen and oxygen atoms in total. The number of rotatable bonds is 5. The minimum absolute atomic E-state index is 0.174. The van der Waals surface area contributed by atoms with E-state index in [1.54, 1.807) is 7.11 Å². The van der Waals surface area contributed by atoms with Gasteiger partial charge in [0.2, 0.25) is 5.91 Å². The lowest BCUT2D eigenvalue weighted by molar-refractivity contribution is -0.130. The lowest BCUT2D eigenvalue weighted by atomic mass is 10.1. The number of ether oxygens (including phenoxy) is 1. The number of methoxy groups -OCH3 is 1. The smallest absolute Gasteiger partial charge is 0.222 e. The van der Waals surface area contributed by atoms with Crippen molar-refractivity contribution in [2.24, 2.45) is 5.92 Å². The molecule has 2 rings (SSSR count). The molecule has 0 aliphatic carbocycles. The topological polar surface area (TPSA) is 49.8 Å². The maximum absolute atomic E-state index is 12.1. The van der Waals surface area contributed by atoms with Gasteiger partial charge in [-0.1, -0.05) is 6.07 Å². The molecule has 1 aromatic rings. The summed E-state index contributed by atoms with van der Waals surface area (Å²) in [4.78, 5) is 14.0. The molecule has 1 unspecified atom stereocenters. The average Bonchev–Trinajstić information content (AvgIpc) is 2.94. The Labute approximate surface area is 127 Å². The van der Waals surface area contributed by atoms with Crippen molar-refractivity contribution in [2.75, 3.05) is 26.8 Å². The summed E-state index contributed by atoms with van der Waals surface area (Å²) in [7, 11) is 1.63. The van der Waals surface area contributed by atoms with E-state index >= 15 is 0 Å². The fourth-order valence-electron chi connectivity index (χ4n) is 2.48. The van der Waals surface area contributed by atoms with Gasteiger partial charge in [-0.2, -0.15) is 0 Å². The van der Waals surface area contributed by atoms with Crippen LogP contribution in [-0.2, 0) is 11.2 Å². The third-order valence-electron chi connectivity index (χ3n) is 3.74. The zero-order chi connectivity index (χ0) is 14.5. The van der Waals surface area contributed by atoms with Crippen LogP contribution in [0.3, 0.4) is 0 Å². The van der Waals surface area contributed by atoms with Crippen LogP contribution in [0, 0.1) is 5.92 Å². The third kappa shape index (κ3) is 3.73. The Morgan fingerprint density at radius 2 is 2.35 bits per heavy atom. The first-order valence-corrected chi connectivity index (χ1v) is 7.64. The van der Waals surface area contributed by atoms with E-state index in [0.29, 0.717) is 13.0 Å². The van der Waals surface area contributed by atoms with Crippen molar-refractivity contribution in [3.05, 3.63) is 28.2 Å². The van der Waals surface area contributed by atoms with Crippen LogP contribution in [0.15, 0.2) is 22.7 Å². The van der Waals surface area contributed by atoms with E-state index < -0.39 is 0 Å². The summed E-state index contributed by atoms with van der Waals surface area (Å²) in [5.74, 6) is 1.23. The second-order valence-corrected chi connectivity index (χ2v) is 6.00. The lowest BCUT2D eigenvalue weighted by Crippen LogP contribution is -2.29. The Morgan fingerprint density at radius 1 is 1.55 bits per heavy atom. The predicted molar refractivity (Wildman–Crippen MR) is 80.8 cm³/mol. The van der Waals surface area contributed by atoms with Crippen LogP contribution in [-0.4, -0.2) is 42.7 Å². The van der Waals surface area contributed by atoms with Gasteiger partial charge in [0.1, 0.15) is 5.75 Å². The molecule has 1 N–H and O–H groups in total. The summed E-state index contributed by atoms with van der Waals surface area (Å²) in [5.41, 5.74) is 1.11. The molecular weight excluding hydrogens is 322 g/mol. The standard InChI is InChI=1S/C15H20BrNO3/c1-20-14-4-2-11(8-13(14)16)3-5-15(19)17-7-6-12(9-17)10-18/h2,4,8,12,18H,3,5-7,9-10H2,1H3. The number of benzene rings is 1. The van der Waals surface area contributed by atoms with Gasteiger partial charge < -0.3 is 14.7 Å². The number of likely N-dealkylation sites (tertiary alicyclic amines) is 1. The number of aryl methyl sites for hydroxylation is 1. The van der Waals surface area contributed by atoms with Crippen LogP contribution >= 0.6 is 15.9 Å². The molecule has 1 aromatic carbocycles. The fourth-order valence-corrected chi connectivity index (χ4v) is 3.07. The van der Waals surface area contributed by atoms with Gasteiger partial charge in [-0.15, -0.1) is 0 Å². The maximum atomic E-state index is 12.1. The van der Waals surface area contributed by atoms with E-state index in [1.807, 2.05) is 23.1 Å². The van der Waals surface area contributed by atoms with Gasteiger partial charge in [-0.25, -0.2) is 0 Å². The Kier molecular flexibility index (Phi) is 5.43. The third-order valence-corrected chi connectivity index (χ3v) is 4.36. The zero-order valence-electron chi connectivity index (χ0n) is 11.6. The SMILES string of the molecule is COc1ccc(CCC(=O)N2CCC(CO)C2)cc1Br. The number of hydrogen-bond donors (Lipinski definition) is 1. The molecule has 1 heterocycles. The first kappa shape index (κ1) is 15.3. The molecule has 5 heteroatoms. The Morgan fingerprint density at radius 3 is 2.95 bits per heavy atom. The molecule has 1 saturated heterocycles. The number of aliphatic hydroxyl groups is 1. The predicted octanol–water partition coefficient (Wildman–Crippen LogP) is 2.23. The van der Waals surface area contributed by atoms with Crippen LogP contribution in [0.25, 0.3) is 0 Å². The van der Waals surface area contributed by atoms with Gasteiger partial charge in [-0.3, -0.25) is 4.79 Å². The van der Waals surface area contributed by atoms with Crippen LogP contribution < -0.4 is 4.74 Å². The largest absolute Gasteiger partial charge is 0.496 e. The highest BCUT2D eigenvalue weighted by Gasteiger charge is 2.25. The van der Waals surface area contributed by atoms with Gasteiger partial charge in [0.05, 0.1) is 11.6 Å². The van der Waals surface area contributed by atoms with E-state index in [1.165, 1.54) is 0 Å². The fraction of sp³-hybridized carbons (Fsp3) is 0.533. The van der Waals surface area contributed by atoms with Gasteiger partial charge in [0.15, 0.2) is 0 Å². The van der Waals surface area contributed by atoms with Gasteiger partial charge >= 0.3 is 0 Å². The monoisotopic (exact) mass is 341 g/mol. The van der Waals surface area contributed by atoms with Gasteiger partial charge in [-0.05, 0) is 46.5 Å². The van der Waals surface area contributed by atoms with E-state index in [2.05, 4.69) is 15.9 Å². The Balaban J connectivity index is 1.86. The zero-order valence-corrected chi connectivity index (χ0v) is 13.2. The van der Waals surface area contributed by atoms with Crippen LogP contribution in [0.5, 0.6) is 5.75 Å². The molecule has 1 atom stereocenters. The molecule has 110 valence electrons. The molecule has 20 heavy (non-hydrogen) atoms. The van der Waals surface area contributed by atoms with Gasteiger partial charge in [0, 0.05) is 32.0 Å². The second-order valence-electron chi connectivity index (χ2n) is 5.15. The minimum Gasteiger partial charge on any atom is -0.496 e. The van der Waals surface area contributed by atoms with Crippen molar-refractivity contribution in [3.8, 4) is 5.75 Å². The number of nitrogens with zero attached hydrogens (tertiary/aromatic N) is 1. The van der Waals surface area contributed by atoms with Crippen molar-refractivity contribution in [3.63, 3.8) is 0 Å². The molecule has 1 aliphatic rings. The summed E-state index contributed by atoms with van der Waals surface area (Å²) in [6, 6.07) is 5.88. The molecule has 1 fully saturated rings. The van der Waals surface area contributed by atoms with E-state index in [0.717, 1.165) is 35.2 Å². The normalized spacial score (nSPS) is 18.4. The number of hydrogen-bond acceptors (Lipinski definition) is 3. The number of carbonyl (C=O) groups is 1.